The molecule has 0 atom stereocenters. The summed E-state index contributed by atoms with van der Waals surface area (Å²) in [7, 11) is 0. The molecule has 0 heterocycles. The normalized spacial score (nSPS) is 12.1. The summed E-state index contributed by atoms with van der Waals surface area (Å²) in [5.74, 6) is 0.448. The van der Waals surface area contributed by atoms with Crippen LogP contribution in [0.15, 0.2) is 40.9 Å². The second-order valence-corrected chi connectivity index (χ2v) is 6.41. The number of carbonyl (C=O) groups is 2. The van der Waals surface area contributed by atoms with Gasteiger partial charge in [-0.1, -0.05) is 40.2 Å². The van der Waals surface area contributed by atoms with Crippen LogP contribution < -0.4 is 0 Å². The Morgan fingerprint density at radius 3 is 1.75 bits per heavy atom. The molecule has 0 bridgehead atoms. The Morgan fingerprint density at radius 1 is 0.786 bits per heavy atom. The maximum Gasteiger partial charge on any atom is 2.00 e. The topological polar surface area (TPSA) is 106 Å². The van der Waals surface area contributed by atoms with Crippen LogP contribution in [0.25, 0.3) is 0 Å². The molecule has 2 aliphatic carbocycles. The number of nitriles is 1. The third kappa shape index (κ3) is 5.67. The minimum atomic E-state index is 0. The zero-order valence-electron chi connectivity index (χ0n) is 15.0. The molecule has 2 aromatic carbocycles. The zero-order valence-corrected chi connectivity index (χ0v) is 19.6. The van der Waals surface area contributed by atoms with Crippen LogP contribution in [0, 0.1) is 35.0 Å². The van der Waals surface area contributed by atoms with Crippen LogP contribution in [0.4, 0.5) is 0 Å². The van der Waals surface area contributed by atoms with Crippen molar-refractivity contribution in [1.29, 1.82) is 15.8 Å². The quantitative estimate of drug-likeness (QED) is 0.405. The molecule has 28 heavy (non-hydrogen) atoms. The van der Waals surface area contributed by atoms with Gasteiger partial charge in [-0.3, -0.25) is 9.59 Å². The van der Waals surface area contributed by atoms with Crippen LogP contribution in [-0.2, 0) is 32.3 Å². The van der Waals surface area contributed by atoms with E-state index in [1.165, 1.54) is 5.56 Å². The minimum Gasteiger partial charge on any atom is -0.512 e. The molecule has 134 valence electrons. The van der Waals surface area contributed by atoms with Crippen LogP contribution in [0.5, 0.6) is 0 Å². The molecule has 7 heteroatoms. The Hall–Kier alpha value is -2.65. The molecular formula is C21H14BrN3O2Zn. The molecule has 2 aromatic rings. The Bertz CT molecular complexity index is 940. The average molecular weight is 486 g/mol. The van der Waals surface area contributed by atoms with Crippen molar-refractivity contribution in [3.05, 3.63) is 81.8 Å². The minimum absolute atomic E-state index is 0. The molecule has 0 fully saturated rings. The SMILES string of the molecule is N#Cc1cccc2c1CCC2=O.O=C1CCc2c(Br)cccc21.[C-]#N.[C-]#N.[Zn+2]. The smallest absolute Gasteiger partial charge is 0.512 e. The molecule has 0 amide bonds. The van der Waals surface area contributed by atoms with E-state index in [1.54, 1.807) is 18.2 Å². The fourth-order valence-corrected chi connectivity index (χ4v) is 3.61. The van der Waals surface area contributed by atoms with E-state index in [0.29, 0.717) is 18.4 Å². The molecule has 0 aliphatic heterocycles. The summed E-state index contributed by atoms with van der Waals surface area (Å²) >= 11 is 3.42. The van der Waals surface area contributed by atoms with Crippen LogP contribution in [0.2, 0.25) is 0 Å². The van der Waals surface area contributed by atoms with E-state index in [0.717, 1.165) is 34.0 Å². The van der Waals surface area contributed by atoms with E-state index in [9.17, 15) is 9.59 Å². The maximum atomic E-state index is 11.2. The van der Waals surface area contributed by atoms with E-state index in [2.05, 4.69) is 22.0 Å². The molecule has 4 rings (SSSR count). The van der Waals surface area contributed by atoms with Crippen LogP contribution in [0.1, 0.15) is 50.2 Å². The Kier molecular flexibility index (Phi) is 11.5. The molecule has 0 radical (unpaired) electrons. The number of benzene rings is 2. The number of hydrogen-bond acceptors (Lipinski definition) is 5. The van der Waals surface area contributed by atoms with Gasteiger partial charge in [-0.15, -0.1) is 0 Å². The van der Waals surface area contributed by atoms with Gasteiger partial charge in [0, 0.05) is 28.4 Å². The van der Waals surface area contributed by atoms with E-state index < -0.39 is 0 Å². The van der Waals surface area contributed by atoms with Gasteiger partial charge in [0.05, 0.1) is 11.6 Å². The third-order valence-corrected chi connectivity index (χ3v) is 4.96. The first-order valence-corrected chi connectivity index (χ1v) is 8.71. The second kappa shape index (κ2) is 12.7. The number of rotatable bonds is 0. The molecule has 0 N–H and O–H groups in total. The second-order valence-electron chi connectivity index (χ2n) is 5.56. The van der Waals surface area contributed by atoms with Gasteiger partial charge in [-0.05, 0) is 36.1 Å². The van der Waals surface area contributed by atoms with Crippen molar-refractivity contribution in [2.45, 2.75) is 25.7 Å². The summed E-state index contributed by atoms with van der Waals surface area (Å²) in [5.41, 5.74) is 4.41. The standard InChI is InChI=1S/C10H7NO.C9H7BrO.2CN.Zn/c11-6-7-2-1-3-9-8(7)4-5-10(9)12;10-8-3-1-2-7-6(8)4-5-9(7)11;2*1-2;/h1-3H,4-5H2;1-3H,4-5H2;;;/q;;2*-1;+2. The van der Waals surface area contributed by atoms with Crippen molar-refractivity contribution in [3.63, 3.8) is 0 Å². The Balaban J connectivity index is 0.000000431. The van der Waals surface area contributed by atoms with Crippen molar-refractivity contribution in [3.8, 4) is 6.07 Å². The predicted octanol–water partition coefficient (Wildman–Crippen LogP) is 4.46. The molecule has 2 aliphatic rings. The van der Waals surface area contributed by atoms with E-state index in [4.69, 9.17) is 28.9 Å². The van der Waals surface area contributed by atoms with Crippen molar-refractivity contribution < 1.29 is 29.1 Å². The summed E-state index contributed by atoms with van der Waals surface area (Å²) < 4.78 is 1.07. The fraction of sp³-hybridized carbons (Fsp3) is 0.190. The Morgan fingerprint density at radius 2 is 1.25 bits per heavy atom. The first-order valence-electron chi connectivity index (χ1n) is 7.92. The van der Waals surface area contributed by atoms with E-state index >= 15 is 0 Å². The molecule has 5 nitrogen and oxygen atoms in total. The summed E-state index contributed by atoms with van der Waals surface area (Å²) in [5, 5.41) is 21.2. The largest absolute Gasteiger partial charge is 2.00 e. The molecule has 0 unspecified atom stereocenters. The molecule has 0 aromatic heterocycles. The number of ketones is 2. The van der Waals surface area contributed by atoms with Gasteiger partial charge in [-0.2, -0.15) is 5.26 Å². The average Bonchev–Trinajstić information content (AvgIpc) is 3.30. The van der Waals surface area contributed by atoms with Crippen molar-refractivity contribution in [1.82, 2.24) is 0 Å². The summed E-state index contributed by atoms with van der Waals surface area (Å²) in [6, 6.07) is 13.2. The number of carbonyl (C=O) groups excluding carboxylic acids is 2. The monoisotopic (exact) mass is 483 g/mol. The number of halogens is 1. The number of fused-ring (bicyclic) bond motifs is 2. The Labute approximate surface area is 185 Å². The van der Waals surface area contributed by atoms with Crippen LogP contribution in [-0.4, -0.2) is 11.6 Å². The van der Waals surface area contributed by atoms with Crippen molar-refractivity contribution in [2.75, 3.05) is 0 Å². The zero-order chi connectivity index (χ0) is 20.4. The summed E-state index contributed by atoms with van der Waals surface area (Å²) in [6.07, 6.45) is 2.87. The first kappa shape index (κ1) is 25.4. The molecular weight excluding hydrogens is 472 g/mol. The van der Waals surface area contributed by atoms with Gasteiger partial charge in [0.25, 0.3) is 0 Å². The summed E-state index contributed by atoms with van der Waals surface area (Å²) in [4.78, 5) is 22.4. The van der Waals surface area contributed by atoms with Crippen LogP contribution >= 0.6 is 15.9 Å². The molecule has 0 saturated heterocycles. The van der Waals surface area contributed by atoms with Gasteiger partial charge < -0.3 is 23.7 Å². The van der Waals surface area contributed by atoms with E-state index in [-0.39, 0.29) is 31.0 Å². The maximum absolute atomic E-state index is 11.2. The number of hydrogen-bond donors (Lipinski definition) is 0. The molecule has 0 spiro atoms. The van der Waals surface area contributed by atoms with Crippen LogP contribution in [0.3, 0.4) is 0 Å². The molecule has 0 saturated carbocycles. The van der Waals surface area contributed by atoms with Gasteiger partial charge >= 0.3 is 19.5 Å². The summed E-state index contributed by atoms with van der Waals surface area (Å²) in [6.45, 7) is 9.50. The van der Waals surface area contributed by atoms with Gasteiger partial charge in [0.15, 0.2) is 11.6 Å². The fourth-order valence-electron chi connectivity index (χ4n) is 3.04. The van der Waals surface area contributed by atoms with E-state index in [1.807, 2.05) is 18.2 Å². The third-order valence-electron chi connectivity index (χ3n) is 4.22. The number of nitrogens with zero attached hydrogens (tertiary/aromatic N) is 3. The van der Waals surface area contributed by atoms with Crippen molar-refractivity contribution in [2.24, 2.45) is 0 Å². The van der Waals surface area contributed by atoms with Crippen molar-refractivity contribution >= 4 is 27.5 Å². The van der Waals surface area contributed by atoms with Gasteiger partial charge in [0.2, 0.25) is 0 Å². The predicted molar refractivity (Wildman–Crippen MR) is 101 cm³/mol. The number of Topliss-reactive ketones (excluding diaryl/α,β-unsaturated/α-hetero) is 2. The van der Waals surface area contributed by atoms with Gasteiger partial charge in [-0.25, -0.2) is 0 Å². The first-order chi connectivity index (χ1) is 13.1. The van der Waals surface area contributed by atoms with Gasteiger partial charge in [0.1, 0.15) is 0 Å².